The van der Waals surface area contributed by atoms with Gasteiger partial charge in [-0.15, -0.1) is 0 Å². The van der Waals surface area contributed by atoms with Crippen LogP contribution in [0.5, 0.6) is 0 Å². The van der Waals surface area contributed by atoms with Crippen molar-refractivity contribution in [1.29, 1.82) is 0 Å². The van der Waals surface area contributed by atoms with Crippen LogP contribution in [0.15, 0.2) is 5.11 Å². The maximum Gasteiger partial charge on any atom is 0.392 e. The third-order valence-corrected chi connectivity index (χ3v) is 1.95. The van der Waals surface area contributed by atoms with Crippen LogP contribution >= 0.6 is 0 Å². The molecule has 0 radical (unpaired) electrons. The summed E-state index contributed by atoms with van der Waals surface area (Å²) in [5.74, 6) is -3.16. The molecule has 0 aromatic carbocycles. The van der Waals surface area contributed by atoms with Crippen LogP contribution in [0.25, 0.3) is 10.4 Å². The van der Waals surface area contributed by atoms with Crippen LogP contribution in [0.3, 0.4) is 0 Å². The molecule has 0 saturated heterocycles. The summed E-state index contributed by atoms with van der Waals surface area (Å²) in [5, 5.41) is 2.87. The highest BCUT2D eigenvalue weighted by Gasteiger charge is 2.46. The molecule has 8 heteroatoms. The van der Waals surface area contributed by atoms with Crippen molar-refractivity contribution in [3.63, 3.8) is 0 Å². The Morgan fingerprint density at radius 3 is 2.38 bits per heavy atom. The number of alkyl halides is 3. The van der Waals surface area contributed by atoms with Gasteiger partial charge in [0.15, 0.2) is 0 Å². The van der Waals surface area contributed by atoms with E-state index in [4.69, 9.17) is 5.53 Å². The summed E-state index contributed by atoms with van der Waals surface area (Å²) >= 11 is 0. The van der Waals surface area contributed by atoms with Gasteiger partial charge in [-0.2, -0.15) is 13.2 Å². The summed E-state index contributed by atoms with van der Waals surface area (Å²) in [7, 11) is 0. The van der Waals surface area contributed by atoms with Gasteiger partial charge in [0.05, 0.1) is 12.5 Å². The number of esters is 1. The molecule has 0 spiro atoms. The molecule has 0 saturated carbocycles. The summed E-state index contributed by atoms with van der Waals surface area (Å²) in [4.78, 5) is 13.4. The molecule has 0 aliphatic carbocycles. The predicted molar refractivity (Wildman–Crippen MR) is 49.4 cm³/mol. The zero-order chi connectivity index (χ0) is 12.8. The highest BCUT2D eigenvalue weighted by Crippen LogP contribution is 2.33. The number of hydrogen-bond acceptors (Lipinski definition) is 3. The lowest BCUT2D eigenvalue weighted by molar-refractivity contribution is -0.189. The number of hydrogen-bond donors (Lipinski definition) is 0. The van der Waals surface area contributed by atoms with E-state index < -0.39 is 24.1 Å². The van der Waals surface area contributed by atoms with Crippen molar-refractivity contribution < 1.29 is 22.7 Å². The molecule has 16 heavy (non-hydrogen) atoms. The van der Waals surface area contributed by atoms with Crippen molar-refractivity contribution in [2.24, 2.45) is 11.0 Å². The Balaban J connectivity index is 5.01. The van der Waals surface area contributed by atoms with Crippen molar-refractivity contribution in [3.05, 3.63) is 10.4 Å². The second kappa shape index (κ2) is 6.22. The molecule has 0 heterocycles. The van der Waals surface area contributed by atoms with Gasteiger partial charge in [-0.25, -0.2) is 0 Å². The average Bonchev–Trinajstić information content (AvgIpc) is 2.16. The molecular weight excluding hydrogens is 227 g/mol. The highest BCUT2D eigenvalue weighted by molar-refractivity contribution is 5.76. The molecule has 0 fully saturated rings. The zero-order valence-corrected chi connectivity index (χ0v) is 8.86. The molecule has 5 nitrogen and oxygen atoms in total. The summed E-state index contributed by atoms with van der Waals surface area (Å²) in [5.41, 5.74) is 8.15. The van der Waals surface area contributed by atoms with Crippen molar-refractivity contribution in [2.75, 3.05) is 6.61 Å². The Morgan fingerprint density at radius 2 is 2.06 bits per heavy atom. The number of ether oxygens (including phenoxy) is 1. The minimum absolute atomic E-state index is 0.0649. The molecule has 0 bridgehead atoms. The van der Waals surface area contributed by atoms with Crippen LogP contribution < -0.4 is 0 Å². The molecule has 0 rings (SSSR count). The van der Waals surface area contributed by atoms with Crippen LogP contribution in [-0.4, -0.2) is 24.8 Å². The second-order valence-electron chi connectivity index (χ2n) is 2.96. The predicted octanol–water partition coefficient (Wildman–Crippen LogP) is 2.82. The Morgan fingerprint density at radius 1 is 1.50 bits per heavy atom. The van der Waals surface area contributed by atoms with E-state index in [0.29, 0.717) is 0 Å². The molecule has 0 amide bonds. The van der Waals surface area contributed by atoms with Crippen molar-refractivity contribution in [3.8, 4) is 0 Å². The molecular formula is C8H12F3N3O2. The summed E-state index contributed by atoms with van der Waals surface area (Å²) in [6.45, 7) is 2.65. The van der Waals surface area contributed by atoms with Gasteiger partial charge < -0.3 is 4.74 Å². The quantitative estimate of drug-likeness (QED) is 0.320. The van der Waals surface area contributed by atoms with Crippen molar-refractivity contribution in [1.82, 2.24) is 0 Å². The van der Waals surface area contributed by atoms with E-state index in [2.05, 4.69) is 14.8 Å². The standard InChI is InChI=1S/C8H12F3N3O2/c1-3-5(8(9,10)11)6(13-14-12)7(15)16-4-2/h5-6H,3-4H2,1-2H3. The van der Waals surface area contributed by atoms with Gasteiger partial charge in [-0.3, -0.25) is 4.79 Å². The molecule has 0 aromatic rings. The number of rotatable bonds is 5. The van der Waals surface area contributed by atoms with Gasteiger partial charge in [0.25, 0.3) is 0 Å². The minimum Gasteiger partial charge on any atom is -0.466 e. The fourth-order valence-electron chi connectivity index (χ4n) is 1.21. The number of nitrogens with zero attached hydrogens (tertiary/aromatic N) is 3. The maximum atomic E-state index is 12.5. The number of halogens is 3. The Kier molecular flexibility index (Phi) is 5.66. The zero-order valence-electron chi connectivity index (χ0n) is 8.86. The van der Waals surface area contributed by atoms with E-state index in [1.165, 1.54) is 13.8 Å². The molecule has 92 valence electrons. The minimum atomic E-state index is -4.60. The van der Waals surface area contributed by atoms with Gasteiger partial charge in [0, 0.05) is 4.91 Å². The lowest BCUT2D eigenvalue weighted by Gasteiger charge is -2.23. The van der Waals surface area contributed by atoms with Gasteiger partial charge in [0.2, 0.25) is 0 Å². The van der Waals surface area contributed by atoms with Crippen LogP contribution in [0.2, 0.25) is 0 Å². The first-order valence-electron chi connectivity index (χ1n) is 4.66. The Bertz CT molecular complexity index is 287. The highest BCUT2D eigenvalue weighted by atomic mass is 19.4. The van der Waals surface area contributed by atoms with Crippen LogP contribution in [-0.2, 0) is 9.53 Å². The van der Waals surface area contributed by atoms with Crippen molar-refractivity contribution in [2.45, 2.75) is 32.5 Å². The second-order valence-corrected chi connectivity index (χ2v) is 2.96. The first kappa shape index (κ1) is 14.6. The van der Waals surface area contributed by atoms with Gasteiger partial charge in [-0.1, -0.05) is 12.0 Å². The molecule has 2 unspecified atom stereocenters. The van der Waals surface area contributed by atoms with Crippen LogP contribution in [0.4, 0.5) is 13.2 Å². The van der Waals surface area contributed by atoms with E-state index in [1.807, 2.05) is 0 Å². The topological polar surface area (TPSA) is 75.1 Å². The van der Waals surface area contributed by atoms with Crippen molar-refractivity contribution >= 4 is 5.97 Å². The normalized spacial score (nSPS) is 14.8. The van der Waals surface area contributed by atoms with Crippen LogP contribution in [0.1, 0.15) is 20.3 Å². The molecule has 0 N–H and O–H groups in total. The molecule has 0 aliphatic heterocycles. The fraction of sp³-hybridized carbons (Fsp3) is 0.875. The van der Waals surface area contributed by atoms with Crippen LogP contribution in [0, 0.1) is 5.92 Å². The first-order valence-corrected chi connectivity index (χ1v) is 4.66. The van der Waals surface area contributed by atoms with Gasteiger partial charge in [0.1, 0.15) is 6.04 Å². The van der Waals surface area contributed by atoms with Gasteiger partial charge in [-0.05, 0) is 18.9 Å². The van der Waals surface area contributed by atoms with E-state index in [-0.39, 0.29) is 13.0 Å². The smallest absolute Gasteiger partial charge is 0.392 e. The Labute approximate surface area is 90.2 Å². The number of carbonyl (C=O) groups excluding carboxylic acids is 1. The van der Waals surface area contributed by atoms with E-state index >= 15 is 0 Å². The molecule has 0 aromatic heterocycles. The summed E-state index contributed by atoms with van der Waals surface area (Å²) in [6.07, 6.45) is -4.95. The lowest BCUT2D eigenvalue weighted by Crippen LogP contribution is -2.38. The number of azide groups is 1. The maximum absolute atomic E-state index is 12.5. The van der Waals surface area contributed by atoms with Gasteiger partial charge >= 0.3 is 12.1 Å². The Hall–Kier alpha value is -1.43. The van der Waals surface area contributed by atoms with E-state index in [1.54, 1.807) is 0 Å². The SMILES string of the molecule is CCOC(=O)C(N=[N+]=[N-])C(CC)C(F)(F)F. The molecule has 2 atom stereocenters. The third kappa shape index (κ3) is 3.98. The monoisotopic (exact) mass is 239 g/mol. The largest absolute Gasteiger partial charge is 0.466 e. The third-order valence-electron chi connectivity index (χ3n) is 1.95. The fourth-order valence-corrected chi connectivity index (χ4v) is 1.21. The molecule has 0 aliphatic rings. The average molecular weight is 239 g/mol. The first-order chi connectivity index (χ1) is 7.38. The summed E-state index contributed by atoms with van der Waals surface area (Å²) in [6, 6.07) is -1.85. The summed E-state index contributed by atoms with van der Waals surface area (Å²) < 4.78 is 41.9. The lowest BCUT2D eigenvalue weighted by atomic mass is 9.97. The van der Waals surface area contributed by atoms with E-state index in [9.17, 15) is 18.0 Å². The van der Waals surface area contributed by atoms with E-state index in [0.717, 1.165) is 0 Å². The number of carbonyl (C=O) groups is 1.